The highest BCUT2D eigenvalue weighted by Crippen LogP contribution is 2.30. The first-order valence-electron chi connectivity index (χ1n) is 3.35. The molecule has 0 unspecified atom stereocenters. The lowest BCUT2D eigenvalue weighted by Gasteiger charge is -2.13. The van der Waals surface area contributed by atoms with E-state index in [1.807, 2.05) is 0 Å². The Hall–Kier alpha value is -0.680. The maximum atomic E-state index is 11.1. The fraction of sp³-hybridized carbons (Fsp3) is 0. The van der Waals surface area contributed by atoms with E-state index in [9.17, 15) is 9.59 Å². The Kier molecular flexibility index (Phi) is 2.00. The number of cyclic esters (lactones) is 2. The van der Waals surface area contributed by atoms with Crippen LogP contribution in [0.5, 0.6) is 0 Å². The topological polar surface area (TPSA) is 43.4 Å². The van der Waals surface area contributed by atoms with E-state index in [0.717, 1.165) is 0 Å². The number of fused-ring (bicyclic) bond motifs is 2. The minimum absolute atomic E-state index is 0.373. The van der Waals surface area contributed by atoms with E-state index in [1.165, 1.54) is 6.07 Å². The van der Waals surface area contributed by atoms with Crippen molar-refractivity contribution < 1.29 is 14.3 Å². The van der Waals surface area contributed by atoms with E-state index in [4.69, 9.17) is 0 Å². The Morgan fingerprint density at radius 2 is 1.38 bits per heavy atom. The first-order valence-corrected chi connectivity index (χ1v) is 4.94. The number of halogens is 2. The van der Waals surface area contributed by atoms with Crippen molar-refractivity contribution in [2.75, 3.05) is 0 Å². The second-order valence-electron chi connectivity index (χ2n) is 2.49. The molecule has 0 aliphatic carbocycles. The third kappa shape index (κ3) is 1.32. The summed E-state index contributed by atoms with van der Waals surface area (Å²) in [7, 11) is 0. The van der Waals surface area contributed by atoms with Gasteiger partial charge in [0.15, 0.2) is 0 Å². The van der Waals surface area contributed by atoms with Gasteiger partial charge in [-0.25, -0.2) is 9.59 Å². The smallest absolute Gasteiger partial charge is 0.347 e. The number of hydrogen-bond acceptors (Lipinski definition) is 3. The molecule has 1 aromatic rings. The molecule has 5 heteroatoms. The number of carbonyl (C=O) groups is 2. The largest absolute Gasteiger partial charge is 0.386 e. The quantitative estimate of drug-likeness (QED) is 0.546. The molecule has 0 saturated heterocycles. The summed E-state index contributed by atoms with van der Waals surface area (Å²) in [5.41, 5.74) is 0.746. The van der Waals surface area contributed by atoms with Crippen LogP contribution < -0.4 is 0 Å². The van der Waals surface area contributed by atoms with Crippen LogP contribution in [0.2, 0.25) is 0 Å². The summed E-state index contributed by atoms with van der Waals surface area (Å²) in [6.07, 6.45) is 0. The van der Waals surface area contributed by atoms with E-state index < -0.39 is 11.9 Å². The predicted molar refractivity (Wildman–Crippen MR) is 51.6 cm³/mol. The van der Waals surface area contributed by atoms with Crippen LogP contribution in [-0.2, 0) is 4.74 Å². The zero-order chi connectivity index (χ0) is 9.59. The van der Waals surface area contributed by atoms with E-state index in [0.29, 0.717) is 20.1 Å². The van der Waals surface area contributed by atoms with Gasteiger partial charge in [-0.05, 0) is 44.0 Å². The van der Waals surface area contributed by atoms with E-state index >= 15 is 0 Å². The maximum absolute atomic E-state index is 11.1. The molecule has 0 saturated carbocycles. The molecule has 2 rings (SSSR count). The van der Waals surface area contributed by atoms with Crippen molar-refractivity contribution in [1.82, 2.24) is 0 Å². The number of esters is 2. The summed E-state index contributed by atoms with van der Waals surface area (Å²) in [5.74, 6) is -1.23. The molecule has 66 valence electrons. The molecular weight excluding hydrogens is 304 g/mol. The lowest BCUT2D eigenvalue weighted by atomic mass is 10.1. The lowest BCUT2D eigenvalue weighted by Crippen LogP contribution is -2.19. The molecule has 0 aromatic heterocycles. The molecule has 1 aromatic carbocycles. The SMILES string of the molecule is O=C1OC(=O)c2cc1c(Br)cc2Br. The van der Waals surface area contributed by atoms with Gasteiger partial charge in [0.05, 0.1) is 11.1 Å². The number of rotatable bonds is 0. The van der Waals surface area contributed by atoms with Gasteiger partial charge in [-0.1, -0.05) is 0 Å². The summed E-state index contributed by atoms with van der Waals surface area (Å²) in [6, 6.07) is 3.16. The van der Waals surface area contributed by atoms with E-state index in [2.05, 4.69) is 36.6 Å². The lowest BCUT2D eigenvalue weighted by molar-refractivity contribution is 0.0383. The van der Waals surface area contributed by atoms with Crippen LogP contribution in [0.1, 0.15) is 20.7 Å². The Labute approximate surface area is 90.3 Å². The van der Waals surface area contributed by atoms with Gasteiger partial charge in [0.2, 0.25) is 0 Å². The first-order chi connectivity index (χ1) is 6.09. The number of hydrogen-bond donors (Lipinski definition) is 0. The van der Waals surface area contributed by atoms with Crippen LogP contribution in [0.25, 0.3) is 0 Å². The zero-order valence-corrected chi connectivity index (χ0v) is 9.31. The van der Waals surface area contributed by atoms with Crippen LogP contribution >= 0.6 is 31.9 Å². The average molecular weight is 306 g/mol. The second kappa shape index (κ2) is 2.92. The van der Waals surface area contributed by atoms with Gasteiger partial charge in [0, 0.05) is 8.95 Å². The van der Waals surface area contributed by atoms with Gasteiger partial charge in [-0.2, -0.15) is 0 Å². The molecule has 1 aliphatic heterocycles. The summed E-state index contributed by atoms with van der Waals surface area (Å²) in [4.78, 5) is 22.2. The molecule has 0 radical (unpaired) electrons. The average Bonchev–Trinajstić information content (AvgIpc) is 2.02. The van der Waals surface area contributed by atoms with E-state index in [-0.39, 0.29) is 0 Å². The second-order valence-corrected chi connectivity index (χ2v) is 4.20. The molecule has 2 bridgehead atoms. The third-order valence-corrected chi connectivity index (χ3v) is 2.99. The highest BCUT2D eigenvalue weighted by molar-refractivity contribution is 9.11. The fourth-order valence-electron chi connectivity index (χ4n) is 1.06. The third-order valence-electron chi connectivity index (χ3n) is 1.68. The van der Waals surface area contributed by atoms with Crippen molar-refractivity contribution in [2.45, 2.75) is 0 Å². The van der Waals surface area contributed by atoms with Crippen molar-refractivity contribution in [3.8, 4) is 0 Å². The predicted octanol–water partition coefficient (Wildman–Crippen LogP) is 2.52. The van der Waals surface area contributed by atoms with Crippen molar-refractivity contribution in [3.63, 3.8) is 0 Å². The standard InChI is InChI=1S/C8H2Br2O3/c9-5-2-6(10)4-1-3(5)7(11)13-8(4)12/h1-2H. The molecule has 1 heterocycles. The Bertz CT molecular complexity index is 390. The molecule has 13 heavy (non-hydrogen) atoms. The Balaban J connectivity index is 2.76. The minimum atomic E-state index is -0.614. The highest BCUT2D eigenvalue weighted by atomic mass is 79.9. The molecule has 0 atom stereocenters. The van der Waals surface area contributed by atoms with Gasteiger partial charge in [-0.15, -0.1) is 0 Å². The van der Waals surface area contributed by atoms with Crippen molar-refractivity contribution in [3.05, 3.63) is 32.2 Å². The Morgan fingerprint density at radius 1 is 0.923 bits per heavy atom. The Morgan fingerprint density at radius 3 is 1.85 bits per heavy atom. The summed E-state index contributed by atoms with van der Waals surface area (Å²) < 4.78 is 5.71. The molecule has 0 spiro atoms. The molecule has 0 amide bonds. The maximum Gasteiger partial charge on any atom is 0.347 e. The molecule has 0 N–H and O–H groups in total. The summed E-state index contributed by atoms with van der Waals surface area (Å²) in [6.45, 7) is 0. The van der Waals surface area contributed by atoms with Gasteiger partial charge in [0.1, 0.15) is 0 Å². The molecule has 3 nitrogen and oxygen atoms in total. The fourth-order valence-corrected chi connectivity index (χ4v) is 2.37. The van der Waals surface area contributed by atoms with Crippen LogP contribution in [0.4, 0.5) is 0 Å². The van der Waals surface area contributed by atoms with Crippen molar-refractivity contribution >= 4 is 43.8 Å². The van der Waals surface area contributed by atoms with Gasteiger partial charge in [-0.3, -0.25) is 0 Å². The van der Waals surface area contributed by atoms with Gasteiger partial charge in [0.25, 0.3) is 0 Å². The van der Waals surface area contributed by atoms with Crippen LogP contribution in [0.3, 0.4) is 0 Å². The van der Waals surface area contributed by atoms with Crippen LogP contribution in [0.15, 0.2) is 21.1 Å². The first kappa shape index (κ1) is 8.90. The number of benzene rings is 1. The van der Waals surface area contributed by atoms with E-state index in [1.54, 1.807) is 6.07 Å². The van der Waals surface area contributed by atoms with Gasteiger partial charge >= 0.3 is 11.9 Å². The minimum Gasteiger partial charge on any atom is -0.386 e. The van der Waals surface area contributed by atoms with Crippen LogP contribution in [-0.4, -0.2) is 11.9 Å². The molecule has 1 aliphatic rings. The molecule has 0 fully saturated rings. The van der Waals surface area contributed by atoms with Crippen molar-refractivity contribution in [1.29, 1.82) is 0 Å². The van der Waals surface area contributed by atoms with Crippen LogP contribution in [0, 0.1) is 0 Å². The molecular formula is C8H2Br2O3. The number of ether oxygens (including phenoxy) is 1. The summed E-state index contributed by atoms with van der Waals surface area (Å²) >= 11 is 6.39. The normalized spacial score (nSPS) is 14.3. The van der Waals surface area contributed by atoms with Gasteiger partial charge < -0.3 is 4.74 Å². The van der Waals surface area contributed by atoms with Crippen molar-refractivity contribution in [2.24, 2.45) is 0 Å². The summed E-state index contributed by atoms with van der Waals surface area (Å²) in [5, 5.41) is 0. The number of carbonyl (C=O) groups excluding carboxylic acids is 2. The zero-order valence-electron chi connectivity index (χ0n) is 6.14. The highest BCUT2D eigenvalue weighted by Gasteiger charge is 2.26. The monoisotopic (exact) mass is 304 g/mol.